The molecule has 3 aromatic rings. The van der Waals surface area contributed by atoms with E-state index in [1.165, 1.54) is 5.56 Å². The second kappa shape index (κ2) is 10.2. The molecule has 0 aliphatic carbocycles. The zero-order chi connectivity index (χ0) is 19.6. The number of hydrogen-bond acceptors (Lipinski definition) is 3. The number of hydrogen-bond donors (Lipinski definition) is 2. The quantitative estimate of drug-likeness (QED) is 0.559. The number of anilines is 2. The van der Waals surface area contributed by atoms with Gasteiger partial charge in [-0.1, -0.05) is 42.5 Å². The van der Waals surface area contributed by atoms with Crippen LogP contribution < -0.4 is 15.4 Å². The van der Waals surface area contributed by atoms with Gasteiger partial charge >= 0.3 is 0 Å². The van der Waals surface area contributed by atoms with E-state index in [0.29, 0.717) is 12.8 Å². The fraction of sp³-hybridized carbons (Fsp3) is 0.208. The predicted octanol–water partition coefficient (Wildman–Crippen LogP) is 4.92. The molecule has 4 heteroatoms. The number of rotatable bonds is 9. The molecular weight excluding hydrogens is 348 g/mol. The number of aryl methyl sites for hydroxylation is 1. The Morgan fingerprint density at radius 3 is 2.29 bits per heavy atom. The Kier molecular flexibility index (Phi) is 7.08. The first-order chi connectivity index (χ1) is 13.7. The summed E-state index contributed by atoms with van der Waals surface area (Å²) in [7, 11) is 1.64. The first kappa shape index (κ1) is 19.5. The summed E-state index contributed by atoms with van der Waals surface area (Å²) in [6, 6.07) is 26.0. The molecule has 4 nitrogen and oxygen atoms in total. The Bertz CT molecular complexity index is 877. The van der Waals surface area contributed by atoms with Gasteiger partial charge < -0.3 is 15.4 Å². The molecule has 3 rings (SSSR count). The van der Waals surface area contributed by atoms with Crippen molar-refractivity contribution in [3.8, 4) is 5.75 Å². The maximum atomic E-state index is 12.2. The lowest BCUT2D eigenvalue weighted by molar-refractivity contribution is -0.116. The van der Waals surface area contributed by atoms with Gasteiger partial charge in [-0.25, -0.2) is 0 Å². The Labute approximate surface area is 166 Å². The number of benzene rings is 3. The van der Waals surface area contributed by atoms with Gasteiger partial charge in [0.1, 0.15) is 5.75 Å². The topological polar surface area (TPSA) is 50.4 Å². The second-order valence-electron chi connectivity index (χ2n) is 6.64. The van der Waals surface area contributed by atoms with Crippen molar-refractivity contribution in [2.45, 2.75) is 19.3 Å². The molecule has 0 saturated heterocycles. The zero-order valence-corrected chi connectivity index (χ0v) is 16.2. The average molecular weight is 374 g/mol. The molecule has 0 saturated carbocycles. The molecule has 28 heavy (non-hydrogen) atoms. The molecule has 1 amide bonds. The largest absolute Gasteiger partial charge is 0.497 e. The van der Waals surface area contributed by atoms with Gasteiger partial charge in [-0.05, 0) is 60.4 Å². The van der Waals surface area contributed by atoms with Gasteiger partial charge in [0.25, 0.3) is 0 Å². The third-order valence-corrected chi connectivity index (χ3v) is 4.53. The molecule has 0 radical (unpaired) electrons. The molecule has 0 aliphatic heterocycles. The lowest BCUT2D eigenvalue weighted by atomic mass is 10.1. The van der Waals surface area contributed by atoms with Crippen LogP contribution in [0.15, 0.2) is 78.9 Å². The highest BCUT2D eigenvalue weighted by atomic mass is 16.5. The number of carbonyl (C=O) groups is 1. The van der Waals surface area contributed by atoms with Crippen LogP contribution in [0.3, 0.4) is 0 Å². The summed E-state index contributed by atoms with van der Waals surface area (Å²) in [6.45, 7) is 0.871. The van der Waals surface area contributed by atoms with E-state index in [4.69, 9.17) is 4.74 Å². The van der Waals surface area contributed by atoms with Crippen LogP contribution >= 0.6 is 0 Å². The molecule has 3 aromatic carbocycles. The minimum absolute atomic E-state index is 0.00704. The highest BCUT2D eigenvalue weighted by molar-refractivity contribution is 5.91. The standard InChI is InChI=1S/C24H26N2O2/c1-28-23-9-5-8-20(18-23)10-15-24(27)26-22-13-11-21(12-14-22)25-17-16-19-6-3-2-4-7-19/h2-9,11-14,18,25H,10,15-17H2,1H3,(H,26,27). The third kappa shape index (κ3) is 6.16. The highest BCUT2D eigenvalue weighted by Gasteiger charge is 2.04. The van der Waals surface area contributed by atoms with Crippen LogP contribution in [-0.4, -0.2) is 19.6 Å². The van der Waals surface area contributed by atoms with E-state index in [2.05, 4.69) is 34.9 Å². The molecule has 0 fully saturated rings. The van der Waals surface area contributed by atoms with Crippen molar-refractivity contribution in [2.24, 2.45) is 0 Å². The van der Waals surface area contributed by atoms with E-state index in [1.807, 2.05) is 54.6 Å². The monoisotopic (exact) mass is 374 g/mol. The third-order valence-electron chi connectivity index (χ3n) is 4.53. The summed E-state index contributed by atoms with van der Waals surface area (Å²) < 4.78 is 5.22. The van der Waals surface area contributed by atoms with Crippen molar-refractivity contribution in [2.75, 3.05) is 24.3 Å². The number of carbonyl (C=O) groups excluding carboxylic acids is 1. The maximum absolute atomic E-state index is 12.2. The summed E-state index contributed by atoms with van der Waals surface area (Å²) in [6.07, 6.45) is 2.09. The van der Waals surface area contributed by atoms with Gasteiger partial charge in [-0.3, -0.25) is 4.79 Å². The summed E-state index contributed by atoms with van der Waals surface area (Å²) in [5.74, 6) is 0.820. The molecular formula is C24H26N2O2. The number of ether oxygens (including phenoxy) is 1. The summed E-state index contributed by atoms with van der Waals surface area (Å²) in [5, 5.41) is 6.36. The van der Waals surface area contributed by atoms with Crippen molar-refractivity contribution in [1.29, 1.82) is 0 Å². The first-order valence-electron chi connectivity index (χ1n) is 9.53. The highest BCUT2D eigenvalue weighted by Crippen LogP contribution is 2.16. The van der Waals surface area contributed by atoms with Crippen molar-refractivity contribution in [1.82, 2.24) is 0 Å². The molecule has 0 spiro atoms. The van der Waals surface area contributed by atoms with Gasteiger partial charge in [0.05, 0.1) is 7.11 Å². The van der Waals surface area contributed by atoms with Crippen LogP contribution in [-0.2, 0) is 17.6 Å². The van der Waals surface area contributed by atoms with Gasteiger partial charge in [-0.15, -0.1) is 0 Å². The Balaban J connectivity index is 1.42. The van der Waals surface area contributed by atoms with Crippen LogP contribution in [0, 0.1) is 0 Å². The maximum Gasteiger partial charge on any atom is 0.224 e. The summed E-state index contributed by atoms with van der Waals surface area (Å²) >= 11 is 0. The lowest BCUT2D eigenvalue weighted by Crippen LogP contribution is -2.12. The SMILES string of the molecule is COc1cccc(CCC(=O)Nc2ccc(NCCc3ccccc3)cc2)c1. The molecule has 2 N–H and O–H groups in total. The van der Waals surface area contributed by atoms with Gasteiger partial charge in [0.2, 0.25) is 5.91 Å². The summed E-state index contributed by atoms with van der Waals surface area (Å²) in [4.78, 5) is 12.2. The fourth-order valence-electron chi connectivity index (χ4n) is 2.98. The second-order valence-corrected chi connectivity index (χ2v) is 6.64. The number of methoxy groups -OCH3 is 1. The van der Waals surface area contributed by atoms with E-state index in [0.717, 1.165) is 35.7 Å². The molecule has 0 aromatic heterocycles. The normalized spacial score (nSPS) is 10.3. The Morgan fingerprint density at radius 1 is 0.821 bits per heavy atom. The van der Waals surface area contributed by atoms with Crippen molar-refractivity contribution < 1.29 is 9.53 Å². The van der Waals surface area contributed by atoms with Crippen LogP contribution in [0.25, 0.3) is 0 Å². The molecule has 0 heterocycles. The van der Waals surface area contributed by atoms with E-state index >= 15 is 0 Å². The van der Waals surface area contributed by atoms with Gasteiger partial charge in [0.15, 0.2) is 0 Å². The molecule has 0 bridgehead atoms. The van der Waals surface area contributed by atoms with Crippen LogP contribution in [0.2, 0.25) is 0 Å². The van der Waals surface area contributed by atoms with E-state index in [-0.39, 0.29) is 5.91 Å². The minimum Gasteiger partial charge on any atom is -0.497 e. The van der Waals surface area contributed by atoms with Crippen LogP contribution in [0.1, 0.15) is 17.5 Å². The average Bonchev–Trinajstić information content (AvgIpc) is 2.74. The van der Waals surface area contributed by atoms with E-state index in [1.54, 1.807) is 7.11 Å². The zero-order valence-electron chi connectivity index (χ0n) is 16.2. The van der Waals surface area contributed by atoms with E-state index in [9.17, 15) is 4.79 Å². The number of nitrogens with one attached hydrogen (secondary N) is 2. The Hall–Kier alpha value is -3.27. The van der Waals surface area contributed by atoms with Crippen molar-refractivity contribution >= 4 is 17.3 Å². The minimum atomic E-state index is 0.00704. The molecule has 144 valence electrons. The van der Waals surface area contributed by atoms with Crippen LogP contribution in [0.4, 0.5) is 11.4 Å². The van der Waals surface area contributed by atoms with Gasteiger partial charge in [0, 0.05) is 24.3 Å². The first-order valence-corrected chi connectivity index (χ1v) is 9.53. The van der Waals surface area contributed by atoms with Crippen molar-refractivity contribution in [3.63, 3.8) is 0 Å². The predicted molar refractivity (Wildman–Crippen MR) is 115 cm³/mol. The summed E-state index contributed by atoms with van der Waals surface area (Å²) in [5.41, 5.74) is 4.26. The molecule has 0 unspecified atom stereocenters. The van der Waals surface area contributed by atoms with Gasteiger partial charge in [-0.2, -0.15) is 0 Å². The van der Waals surface area contributed by atoms with Crippen molar-refractivity contribution in [3.05, 3.63) is 90.0 Å². The van der Waals surface area contributed by atoms with E-state index < -0.39 is 0 Å². The molecule has 0 atom stereocenters. The number of amides is 1. The van der Waals surface area contributed by atoms with Crippen LogP contribution in [0.5, 0.6) is 5.75 Å². The fourth-order valence-corrected chi connectivity index (χ4v) is 2.98. The Morgan fingerprint density at radius 2 is 1.54 bits per heavy atom. The lowest BCUT2D eigenvalue weighted by Gasteiger charge is -2.09. The molecule has 0 aliphatic rings. The smallest absolute Gasteiger partial charge is 0.224 e.